The second-order valence-corrected chi connectivity index (χ2v) is 9.31. The number of nitrogens with one attached hydrogen (secondary N) is 1. The number of nitrogens with zero attached hydrogens (tertiary/aromatic N) is 1. The number of benzene rings is 1. The average Bonchev–Trinajstić information content (AvgIpc) is 3.14. The monoisotopic (exact) mass is 438 g/mol. The Kier molecular flexibility index (Phi) is 5.19. The van der Waals surface area contributed by atoms with Crippen LogP contribution >= 0.6 is 0 Å². The Labute approximate surface area is 172 Å². The largest absolute Gasteiger partial charge is 0.346 e. The van der Waals surface area contributed by atoms with E-state index in [4.69, 9.17) is 18.4 Å². The molecule has 2 saturated heterocycles. The zero-order chi connectivity index (χ0) is 21.7. The number of hydrogen-bond acceptors (Lipinski definition) is 8. The van der Waals surface area contributed by atoms with Crippen molar-refractivity contribution in [2.75, 3.05) is 6.61 Å². The Morgan fingerprint density at radius 3 is 2.43 bits per heavy atom. The van der Waals surface area contributed by atoms with Crippen molar-refractivity contribution in [1.29, 1.82) is 0 Å². The maximum Gasteiger partial charge on any atom is 0.330 e. The molecule has 0 spiro atoms. The van der Waals surface area contributed by atoms with E-state index in [1.807, 2.05) is 6.92 Å². The standard InChI is InChI=1S/C19H22N2O8S/c1-11-4-6-12(7-5-11)30(24,25)26-10-13-15-16(29-19(2,3)28-15)17(27-13)21-9-8-14(22)20-18(21)23/h4-9,13,15-17H,10H2,1-3H3,(H,20,22,23)/t13-,15+,16-,17-/m0/s1. The molecular formula is C19H22N2O8S. The lowest BCUT2D eigenvalue weighted by atomic mass is 10.1. The van der Waals surface area contributed by atoms with Crippen molar-refractivity contribution in [2.45, 2.75) is 56.0 Å². The predicted molar refractivity (Wildman–Crippen MR) is 103 cm³/mol. The topological polar surface area (TPSA) is 126 Å². The van der Waals surface area contributed by atoms with Gasteiger partial charge in [-0.05, 0) is 32.9 Å². The van der Waals surface area contributed by atoms with Crippen LogP contribution in [0.25, 0.3) is 0 Å². The van der Waals surface area contributed by atoms with Crippen LogP contribution in [0.3, 0.4) is 0 Å². The Bertz CT molecular complexity index is 1150. The van der Waals surface area contributed by atoms with Crippen molar-refractivity contribution >= 4 is 10.1 Å². The van der Waals surface area contributed by atoms with Gasteiger partial charge in [0.25, 0.3) is 15.7 Å². The molecule has 2 fully saturated rings. The van der Waals surface area contributed by atoms with Gasteiger partial charge in [-0.25, -0.2) is 4.79 Å². The number of fused-ring (bicyclic) bond motifs is 1. The average molecular weight is 438 g/mol. The number of hydrogen-bond donors (Lipinski definition) is 1. The van der Waals surface area contributed by atoms with Crippen LogP contribution < -0.4 is 11.2 Å². The lowest BCUT2D eigenvalue weighted by Crippen LogP contribution is -2.37. The van der Waals surface area contributed by atoms with E-state index in [2.05, 4.69) is 4.98 Å². The highest BCUT2D eigenvalue weighted by Gasteiger charge is 2.56. The smallest absolute Gasteiger partial charge is 0.330 e. The molecule has 0 radical (unpaired) electrons. The first kappa shape index (κ1) is 20.9. The van der Waals surface area contributed by atoms with Gasteiger partial charge in [0, 0.05) is 12.3 Å². The van der Waals surface area contributed by atoms with Gasteiger partial charge in [-0.1, -0.05) is 17.7 Å². The normalized spacial score (nSPS) is 27.8. The van der Waals surface area contributed by atoms with Crippen LogP contribution in [-0.4, -0.2) is 48.7 Å². The number of aromatic amines is 1. The third kappa shape index (κ3) is 3.98. The molecule has 1 N–H and O–H groups in total. The van der Waals surface area contributed by atoms with E-state index in [1.165, 1.54) is 29.0 Å². The minimum atomic E-state index is -4.01. The summed E-state index contributed by atoms with van der Waals surface area (Å²) >= 11 is 0. The lowest BCUT2D eigenvalue weighted by molar-refractivity contribution is -0.199. The van der Waals surface area contributed by atoms with Crippen molar-refractivity contribution in [3.05, 3.63) is 62.9 Å². The minimum Gasteiger partial charge on any atom is -0.346 e. The highest BCUT2D eigenvalue weighted by Crippen LogP contribution is 2.42. The number of aryl methyl sites for hydroxylation is 1. The summed E-state index contributed by atoms with van der Waals surface area (Å²) in [6.07, 6.45) is -1.81. The summed E-state index contributed by atoms with van der Waals surface area (Å²) in [6, 6.07) is 7.46. The molecule has 30 heavy (non-hydrogen) atoms. The van der Waals surface area contributed by atoms with Gasteiger partial charge in [-0.2, -0.15) is 8.42 Å². The molecule has 0 amide bonds. The summed E-state index contributed by atoms with van der Waals surface area (Å²) < 4.78 is 49.1. The van der Waals surface area contributed by atoms with Crippen LogP contribution in [0.15, 0.2) is 51.0 Å². The summed E-state index contributed by atoms with van der Waals surface area (Å²) in [7, 11) is -4.01. The number of aromatic nitrogens is 2. The van der Waals surface area contributed by atoms with Gasteiger partial charge in [-0.15, -0.1) is 0 Å². The molecule has 3 heterocycles. The Morgan fingerprint density at radius 1 is 1.10 bits per heavy atom. The number of ether oxygens (including phenoxy) is 3. The Morgan fingerprint density at radius 2 is 1.77 bits per heavy atom. The van der Waals surface area contributed by atoms with Gasteiger partial charge in [0.15, 0.2) is 12.0 Å². The van der Waals surface area contributed by atoms with Crippen molar-refractivity contribution in [3.63, 3.8) is 0 Å². The third-order valence-corrected chi connectivity index (χ3v) is 6.24. The number of H-pyrrole nitrogens is 1. The zero-order valence-electron chi connectivity index (χ0n) is 16.6. The molecule has 2 aliphatic heterocycles. The molecule has 2 aliphatic rings. The van der Waals surface area contributed by atoms with Crippen molar-refractivity contribution < 1.29 is 26.8 Å². The molecule has 0 unspecified atom stereocenters. The van der Waals surface area contributed by atoms with Gasteiger partial charge in [0.05, 0.1) is 11.5 Å². The molecule has 2 aromatic rings. The Hall–Kier alpha value is -2.31. The fourth-order valence-corrected chi connectivity index (χ4v) is 4.49. The van der Waals surface area contributed by atoms with Crippen molar-refractivity contribution in [1.82, 2.24) is 9.55 Å². The summed E-state index contributed by atoms with van der Waals surface area (Å²) in [5.74, 6) is -0.961. The SMILES string of the molecule is Cc1ccc(S(=O)(=O)OC[C@@H]2O[C@H](n3ccc(=O)[nH]c3=O)[C@H]3OC(C)(C)O[C@@H]32)cc1. The molecule has 0 saturated carbocycles. The fourth-order valence-electron chi connectivity index (χ4n) is 3.57. The molecule has 4 atom stereocenters. The van der Waals surface area contributed by atoms with Gasteiger partial charge < -0.3 is 14.2 Å². The highest BCUT2D eigenvalue weighted by molar-refractivity contribution is 7.86. The fraction of sp³-hybridized carbons (Fsp3) is 0.474. The summed E-state index contributed by atoms with van der Waals surface area (Å²) in [5, 5.41) is 0. The van der Waals surface area contributed by atoms with Crippen LogP contribution in [0, 0.1) is 6.92 Å². The highest BCUT2D eigenvalue weighted by atomic mass is 32.2. The molecule has 0 aliphatic carbocycles. The second kappa shape index (κ2) is 7.43. The van der Waals surface area contributed by atoms with Crippen LogP contribution in [0.5, 0.6) is 0 Å². The molecule has 4 rings (SSSR count). The third-order valence-electron chi connectivity index (χ3n) is 4.95. The van der Waals surface area contributed by atoms with Gasteiger partial charge >= 0.3 is 5.69 Å². The quantitative estimate of drug-likeness (QED) is 0.675. The minimum absolute atomic E-state index is 0.0278. The van der Waals surface area contributed by atoms with Crippen LogP contribution in [0.4, 0.5) is 0 Å². The van der Waals surface area contributed by atoms with E-state index in [0.717, 1.165) is 5.56 Å². The lowest BCUT2D eigenvalue weighted by Gasteiger charge is -2.24. The Balaban J connectivity index is 1.57. The van der Waals surface area contributed by atoms with Crippen LogP contribution in [-0.2, 0) is 28.5 Å². The first-order chi connectivity index (χ1) is 14.1. The maximum absolute atomic E-state index is 12.5. The number of rotatable bonds is 5. The van der Waals surface area contributed by atoms with Crippen molar-refractivity contribution in [2.24, 2.45) is 0 Å². The van der Waals surface area contributed by atoms with E-state index in [-0.39, 0.29) is 11.5 Å². The maximum atomic E-state index is 12.5. The second-order valence-electron chi connectivity index (χ2n) is 7.70. The first-order valence-electron chi connectivity index (χ1n) is 9.34. The molecule has 11 heteroatoms. The van der Waals surface area contributed by atoms with Crippen molar-refractivity contribution in [3.8, 4) is 0 Å². The van der Waals surface area contributed by atoms with Gasteiger partial charge in [0.1, 0.15) is 18.3 Å². The molecule has 162 valence electrons. The van der Waals surface area contributed by atoms with E-state index in [0.29, 0.717) is 0 Å². The summed E-state index contributed by atoms with van der Waals surface area (Å²) in [5.41, 5.74) is -0.295. The van der Waals surface area contributed by atoms with E-state index in [9.17, 15) is 18.0 Å². The molecule has 0 bridgehead atoms. The van der Waals surface area contributed by atoms with Gasteiger partial charge in [-0.3, -0.25) is 18.5 Å². The first-order valence-corrected chi connectivity index (χ1v) is 10.8. The van der Waals surface area contributed by atoms with E-state index >= 15 is 0 Å². The van der Waals surface area contributed by atoms with E-state index in [1.54, 1.807) is 26.0 Å². The molecule has 1 aromatic heterocycles. The van der Waals surface area contributed by atoms with E-state index < -0.39 is 51.7 Å². The zero-order valence-corrected chi connectivity index (χ0v) is 17.4. The molecular weight excluding hydrogens is 416 g/mol. The molecule has 1 aromatic carbocycles. The summed E-state index contributed by atoms with van der Waals surface area (Å²) in [6.45, 7) is 4.94. The summed E-state index contributed by atoms with van der Waals surface area (Å²) in [4.78, 5) is 25.8. The van der Waals surface area contributed by atoms with Gasteiger partial charge in [0.2, 0.25) is 0 Å². The van der Waals surface area contributed by atoms with Crippen LogP contribution in [0.2, 0.25) is 0 Å². The molecule has 10 nitrogen and oxygen atoms in total. The van der Waals surface area contributed by atoms with Crippen LogP contribution in [0.1, 0.15) is 25.6 Å². The predicted octanol–water partition coefficient (Wildman–Crippen LogP) is 0.668.